The van der Waals surface area contributed by atoms with Crippen LogP contribution in [0.2, 0.25) is 0 Å². The highest BCUT2D eigenvalue weighted by atomic mass is 19.1. The molecule has 0 aliphatic carbocycles. The van der Waals surface area contributed by atoms with Gasteiger partial charge in [-0.15, -0.1) is 0 Å². The molecule has 1 amide bonds. The molecule has 0 unspecified atom stereocenters. The summed E-state index contributed by atoms with van der Waals surface area (Å²) in [7, 11) is 0. The molecule has 0 saturated heterocycles. The zero-order valence-electron chi connectivity index (χ0n) is 14.9. The number of aromatic nitrogens is 4. The van der Waals surface area contributed by atoms with E-state index in [1.54, 1.807) is 31.3 Å². The predicted molar refractivity (Wildman–Crippen MR) is 98.0 cm³/mol. The van der Waals surface area contributed by atoms with Gasteiger partial charge in [-0.3, -0.25) is 14.8 Å². The van der Waals surface area contributed by atoms with Crippen LogP contribution in [0.5, 0.6) is 0 Å². The molecule has 3 aromatic rings. The highest BCUT2D eigenvalue weighted by molar-refractivity contribution is 5.89. The Morgan fingerprint density at radius 2 is 1.96 bits per heavy atom. The summed E-state index contributed by atoms with van der Waals surface area (Å²) < 4.78 is 15.1. The minimum atomic E-state index is -0.301. The van der Waals surface area contributed by atoms with Crippen LogP contribution in [0, 0.1) is 5.82 Å². The standard InChI is InChI=1S/C19H20FN5O/c1-4-17(26)23-19-21-10-9-16(22-19)15-11-25(12(2)3)24-18(15)13-5-7-14(20)8-6-13/h5-12H,4H2,1-3H3,(H,21,22,23,26). The number of hydrogen-bond donors (Lipinski definition) is 1. The SMILES string of the molecule is CCC(=O)Nc1nccc(-c2cn(C(C)C)nc2-c2ccc(F)cc2)n1. The minimum Gasteiger partial charge on any atom is -0.295 e. The number of amides is 1. The van der Waals surface area contributed by atoms with Crippen molar-refractivity contribution in [1.82, 2.24) is 19.7 Å². The zero-order chi connectivity index (χ0) is 18.7. The quantitative estimate of drug-likeness (QED) is 0.750. The van der Waals surface area contributed by atoms with E-state index in [-0.39, 0.29) is 23.7 Å². The molecule has 0 aliphatic heterocycles. The summed E-state index contributed by atoms with van der Waals surface area (Å²) in [5.41, 5.74) is 2.92. The maximum atomic E-state index is 13.3. The summed E-state index contributed by atoms with van der Waals surface area (Å²) in [4.78, 5) is 20.1. The van der Waals surface area contributed by atoms with E-state index in [9.17, 15) is 9.18 Å². The first-order valence-corrected chi connectivity index (χ1v) is 8.46. The molecule has 0 fully saturated rings. The maximum absolute atomic E-state index is 13.3. The van der Waals surface area contributed by atoms with Crippen LogP contribution in [-0.4, -0.2) is 25.7 Å². The van der Waals surface area contributed by atoms with Crippen molar-refractivity contribution >= 4 is 11.9 Å². The van der Waals surface area contributed by atoms with Gasteiger partial charge in [0.05, 0.1) is 5.69 Å². The van der Waals surface area contributed by atoms with Crippen LogP contribution >= 0.6 is 0 Å². The van der Waals surface area contributed by atoms with Crippen LogP contribution in [0.4, 0.5) is 10.3 Å². The molecule has 0 aliphatic rings. The Balaban J connectivity index is 2.08. The van der Waals surface area contributed by atoms with Crippen molar-refractivity contribution in [3.8, 4) is 22.5 Å². The van der Waals surface area contributed by atoms with Gasteiger partial charge in [0.2, 0.25) is 11.9 Å². The molecule has 0 bridgehead atoms. The fourth-order valence-electron chi connectivity index (χ4n) is 2.45. The lowest BCUT2D eigenvalue weighted by Crippen LogP contribution is -2.12. The molecular weight excluding hydrogens is 333 g/mol. The topological polar surface area (TPSA) is 72.7 Å². The molecule has 6 nitrogen and oxygen atoms in total. The normalized spacial score (nSPS) is 11.0. The second kappa shape index (κ2) is 7.43. The zero-order valence-corrected chi connectivity index (χ0v) is 14.9. The van der Waals surface area contributed by atoms with Crippen LogP contribution in [0.3, 0.4) is 0 Å². The van der Waals surface area contributed by atoms with E-state index in [2.05, 4.69) is 20.4 Å². The molecular formula is C19H20FN5O. The van der Waals surface area contributed by atoms with Crippen molar-refractivity contribution < 1.29 is 9.18 Å². The number of nitrogens with one attached hydrogen (secondary N) is 1. The molecule has 26 heavy (non-hydrogen) atoms. The lowest BCUT2D eigenvalue weighted by atomic mass is 10.1. The van der Waals surface area contributed by atoms with Crippen molar-refractivity contribution in [2.24, 2.45) is 0 Å². The fourth-order valence-corrected chi connectivity index (χ4v) is 2.45. The summed E-state index contributed by atoms with van der Waals surface area (Å²) in [6.07, 6.45) is 3.84. The lowest BCUT2D eigenvalue weighted by Gasteiger charge is -2.05. The molecule has 0 saturated carbocycles. The van der Waals surface area contributed by atoms with Gasteiger partial charge in [0.1, 0.15) is 11.5 Å². The summed E-state index contributed by atoms with van der Waals surface area (Å²) in [5.74, 6) is -0.208. The second-order valence-corrected chi connectivity index (χ2v) is 6.14. The number of carbonyl (C=O) groups excluding carboxylic acids is 1. The van der Waals surface area contributed by atoms with Crippen LogP contribution in [-0.2, 0) is 4.79 Å². The van der Waals surface area contributed by atoms with Crippen LogP contribution in [0.25, 0.3) is 22.5 Å². The number of benzene rings is 1. The Hall–Kier alpha value is -3.09. The van der Waals surface area contributed by atoms with E-state index in [1.807, 2.05) is 24.7 Å². The molecule has 2 heterocycles. The maximum Gasteiger partial charge on any atom is 0.229 e. The first-order chi connectivity index (χ1) is 12.5. The van der Waals surface area contributed by atoms with E-state index in [1.165, 1.54) is 12.1 Å². The molecule has 1 aromatic carbocycles. The Morgan fingerprint density at radius 1 is 1.23 bits per heavy atom. The molecule has 2 aromatic heterocycles. The van der Waals surface area contributed by atoms with Crippen molar-refractivity contribution in [3.63, 3.8) is 0 Å². The minimum absolute atomic E-state index is 0.154. The van der Waals surface area contributed by atoms with Gasteiger partial charge < -0.3 is 0 Å². The third-order valence-corrected chi connectivity index (χ3v) is 3.88. The number of nitrogens with zero attached hydrogens (tertiary/aromatic N) is 4. The van der Waals surface area contributed by atoms with Gasteiger partial charge in [-0.25, -0.2) is 14.4 Å². The number of halogens is 1. The van der Waals surface area contributed by atoms with Crippen LogP contribution in [0.15, 0.2) is 42.7 Å². The molecule has 0 atom stereocenters. The predicted octanol–water partition coefficient (Wildman–Crippen LogP) is 4.08. The van der Waals surface area contributed by atoms with Crippen molar-refractivity contribution in [3.05, 3.63) is 48.5 Å². The Labute approximate surface area is 151 Å². The third-order valence-electron chi connectivity index (χ3n) is 3.88. The summed E-state index contributed by atoms with van der Waals surface area (Å²) in [6, 6.07) is 8.10. The van der Waals surface area contributed by atoms with Crippen molar-refractivity contribution in [1.29, 1.82) is 0 Å². The fraction of sp³-hybridized carbons (Fsp3) is 0.263. The van der Waals surface area contributed by atoms with Crippen LogP contribution < -0.4 is 5.32 Å². The van der Waals surface area contributed by atoms with E-state index < -0.39 is 0 Å². The molecule has 134 valence electrons. The van der Waals surface area contributed by atoms with E-state index in [4.69, 9.17) is 0 Å². The largest absolute Gasteiger partial charge is 0.295 e. The first-order valence-electron chi connectivity index (χ1n) is 8.46. The molecule has 7 heteroatoms. The monoisotopic (exact) mass is 353 g/mol. The van der Waals surface area contributed by atoms with Gasteiger partial charge >= 0.3 is 0 Å². The average molecular weight is 353 g/mol. The number of hydrogen-bond acceptors (Lipinski definition) is 4. The highest BCUT2D eigenvalue weighted by Crippen LogP contribution is 2.31. The lowest BCUT2D eigenvalue weighted by molar-refractivity contribution is -0.115. The highest BCUT2D eigenvalue weighted by Gasteiger charge is 2.16. The molecule has 0 radical (unpaired) electrons. The number of anilines is 1. The third kappa shape index (κ3) is 3.77. The van der Waals surface area contributed by atoms with E-state index in [0.29, 0.717) is 17.8 Å². The van der Waals surface area contributed by atoms with Crippen molar-refractivity contribution in [2.75, 3.05) is 5.32 Å². The Bertz CT molecular complexity index is 918. The van der Waals surface area contributed by atoms with E-state index in [0.717, 1.165) is 11.1 Å². The number of rotatable bonds is 5. The second-order valence-electron chi connectivity index (χ2n) is 6.14. The van der Waals surface area contributed by atoms with Gasteiger partial charge in [-0.05, 0) is 44.2 Å². The molecule has 3 rings (SSSR count). The van der Waals surface area contributed by atoms with Gasteiger partial charge in [0.15, 0.2) is 0 Å². The van der Waals surface area contributed by atoms with Gasteiger partial charge in [-0.1, -0.05) is 6.92 Å². The van der Waals surface area contributed by atoms with Crippen LogP contribution in [0.1, 0.15) is 33.2 Å². The smallest absolute Gasteiger partial charge is 0.229 e. The van der Waals surface area contributed by atoms with E-state index >= 15 is 0 Å². The Morgan fingerprint density at radius 3 is 2.62 bits per heavy atom. The summed E-state index contributed by atoms with van der Waals surface area (Å²) >= 11 is 0. The molecule has 0 spiro atoms. The van der Waals surface area contributed by atoms with Crippen molar-refractivity contribution in [2.45, 2.75) is 33.2 Å². The summed E-state index contributed by atoms with van der Waals surface area (Å²) in [6.45, 7) is 5.81. The molecule has 1 N–H and O–H groups in total. The number of carbonyl (C=O) groups is 1. The first kappa shape index (κ1) is 17.7. The van der Waals surface area contributed by atoms with Gasteiger partial charge in [-0.2, -0.15) is 5.10 Å². The summed E-state index contributed by atoms with van der Waals surface area (Å²) in [5, 5.41) is 7.30. The average Bonchev–Trinajstić information content (AvgIpc) is 3.08. The van der Waals surface area contributed by atoms with Gasteiger partial charge in [0, 0.05) is 36.0 Å². The Kier molecular flexibility index (Phi) is 5.06. The van der Waals surface area contributed by atoms with Gasteiger partial charge in [0.25, 0.3) is 0 Å².